The first-order chi connectivity index (χ1) is 17.4. The summed E-state index contributed by atoms with van der Waals surface area (Å²) in [6, 6.07) is 4.07. The Balaban J connectivity index is 1.65. The lowest BCUT2D eigenvalue weighted by atomic mass is 10.0. The summed E-state index contributed by atoms with van der Waals surface area (Å²) in [5.41, 5.74) is 1.79. The monoisotopic (exact) mass is 498 g/mol. The van der Waals surface area contributed by atoms with Gasteiger partial charge in [-0.25, -0.2) is 23.9 Å². The van der Waals surface area contributed by atoms with E-state index in [0.29, 0.717) is 44.0 Å². The molecule has 0 aliphatic carbocycles. The van der Waals surface area contributed by atoms with Crippen LogP contribution in [0.5, 0.6) is 0 Å². The highest BCUT2D eigenvalue weighted by molar-refractivity contribution is 6.01. The summed E-state index contributed by atoms with van der Waals surface area (Å²) in [4.78, 5) is 37.3. The van der Waals surface area contributed by atoms with Gasteiger partial charge in [0.05, 0.1) is 19.3 Å². The van der Waals surface area contributed by atoms with Crippen LogP contribution >= 0.6 is 0 Å². The van der Waals surface area contributed by atoms with Crippen LogP contribution in [-0.2, 0) is 27.2 Å². The highest BCUT2D eigenvalue weighted by Crippen LogP contribution is 2.32. The van der Waals surface area contributed by atoms with Crippen molar-refractivity contribution in [2.75, 3.05) is 44.1 Å². The minimum absolute atomic E-state index is 0.0215. The van der Waals surface area contributed by atoms with E-state index in [4.69, 9.17) is 24.5 Å². The van der Waals surface area contributed by atoms with Gasteiger partial charge >= 0.3 is 12.1 Å². The van der Waals surface area contributed by atoms with Gasteiger partial charge in [0.1, 0.15) is 34.8 Å². The van der Waals surface area contributed by atoms with Crippen LogP contribution in [0.25, 0.3) is 0 Å². The summed E-state index contributed by atoms with van der Waals surface area (Å²) in [6.07, 6.45) is 2.85. The zero-order chi connectivity index (χ0) is 25.7. The number of nitrogens with zero attached hydrogens (tertiary/aromatic N) is 5. The average Bonchev–Trinajstić information content (AvgIpc) is 3.08. The van der Waals surface area contributed by atoms with E-state index in [-0.39, 0.29) is 24.0 Å². The van der Waals surface area contributed by atoms with Gasteiger partial charge in [-0.3, -0.25) is 10.2 Å². The van der Waals surface area contributed by atoms with Crippen molar-refractivity contribution >= 4 is 23.8 Å². The predicted molar refractivity (Wildman–Crippen MR) is 126 cm³/mol. The molecule has 36 heavy (non-hydrogen) atoms. The topological polar surface area (TPSA) is 130 Å². The van der Waals surface area contributed by atoms with Crippen molar-refractivity contribution in [2.24, 2.45) is 0 Å². The van der Waals surface area contributed by atoms with Gasteiger partial charge in [-0.2, -0.15) is 5.26 Å². The second-order valence-electron chi connectivity index (χ2n) is 8.41. The number of pyridine rings is 2. The molecule has 12 heteroatoms. The van der Waals surface area contributed by atoms with Crippen LogP contribution in [-0.4, -0.2) is 60.9 Å². The number of carbonyl (C=O) groups excluding carboxylic acids is 2. The van der Waals surface area contributed by atoms with E-state index >= 15 is 0 Å². The molecule has 0 aromatic carbocycles. The minimum atomic E-state index is -0.825. The molecule has 0 atom stereocenters. The number of fused-ring (bicyclic) bond motifs is 1. The first kappa shape index (κ1) is 25.3. The molecule has 2 aromatic heterocycles. The van der Waals surface area contributed by atoms with E-state index in [1.54, 1.807) is 11.0 Å². The maximum Gasteiger partial charge on any atom is 0.410 e. The number of anilines is 2. The van der Waals surface area contributed by atoms with Gasteiger partial charge in [0.15, 0.2) is 0 Å². The molecule has 0 unspecified atom stereocenters. The molecule has 11 nitrogen and oxygen atoms in total. The Hall–Kier alpha value is -3.82. The van der Waals surface area contributed by atoms with Gasteiger partial charge in [0.25, 0.3) is 0 Å². The number of nitriles is 1. The maximum absolute atomic E-state index is 14.0. The first-order valence-corrected chi connectivity index (χ1v) is 11.6. The van der Waals surface area contributed by atoms with Crippen LogP contribution in [0.15, 0.2) is 18.3 Å². The number of methoxy groups -OCH3 is 2. The fourth-order valence-corrected chi connectivity index (χ4v) is 4.26. The lowest BCUT2D eigenvalue weighted by Gasteiger charge is -2.31. The third-order valence-corrected chi connectivity index (χ3v) is 6.05. The molecule has 4 heterocycles. The van der Waals surface area contributed by atoms with E-state index in [1.807, 2.05) is 6.07 Å². The van der Waals surface area contributed by atoms with Gasteiger partial charge in [0, 0.05) is 33.4 Å². The van der Waals surface area contributed by atoms with Gasteiger partial charge in [0.2, 0.25) is 6.29 Å². The number of halogens is 1. The molecule has 2 aliphatic heterocycles. The average molecular weight is 499 g/mol. The summed E-state index contributed by atoms with van der Waals surface area (Å²) < 4.78 is 30.2. The lowest BCUT2D eigenvalue weighted by molar-refractivity contribution is -0.109. The number of amides is 3. The first-order valence-electron chi connectivity index (χ1n) is 11.6. The molecule has 1 N–H and O–H groups in total. The largest absolute Gasteiger partial charge is 0.449 e. The van der Waals surface area contributed by atoms with E-state index in [2.05, 4.69) is 10.3 Å². The highest BCUT2D eigenvalue weighted by Gasteiger charge is 2.30. The number of rotatable bonds is 6. The van der Waals surface area contributed by atoms with Crippen LogP contribution in [0, 0.1) is 17.1 Å². The van der Waals surface area contributed by atoms with Crippen molar-refractivity contribution in [3.05, 3.63) is 46.5 Å². The van der Waals surface area contributed by atoms with Crippen LogP contribution in [0.2, 0.25) is 0 Å². The quantitative estimate of drug-likeness (QED) is 0.599. The standard InChI is InChI=1S/C24H27FN6O5/c1-34-22(35-2)20-16(14-30-7-3-4-9-36-24(30)33)10-15-6-5-8-31(21(15)29-20)23(32)28-19-11-18(25)17(12-26)13-27-19/h10-11,13,22H,3-9,14H2,1-2H3,(H,27,28,32). The van der Waals surface area contributed by atoms with Crippen LogP contribution in [0.4, 0.5) is 25.6 Å². The normalized spacial score (nSPS) is 15.7. The number of hydrogen-bond donors (Lipinski definition) is 1. The molecule has 2 aromatic rings. The van der Waals surface area contributed by atoms with E-state index in [9.17, 15) is 14.0 Å². The van der Waals surface area contributed by atoms with Crippen LogP contribution < -0.4 is 10.2 Å². The summed E-state index contributed by atoms with van der Waals surface area (Å²) in [6.45, 7) is 1.60. The van der Waals surface area contributed by atoms with Gasteiger partial charge in [-0.1, -0.05) is 0 Å². The lowest BCUT2D eigenvalue weighted by Crippen LogP contribution is -2.40. The third kappa shape index (κ3) is 5.37. The second kappa shape index (κ2) is 11.3. The zero-order valence-electron chi connectivity index (χ0n) is 20.1. The number of aromatic nitrogens is 2. The molecule has 0 bridgehead atoms. The number of hydrogen-bond acceptors (Lipinski definition) is 8. The Morgan fingerprint density at radius 2 is 2.08 bits per heavy atom. The summed E-state index contributed by atoms with van der Waals surface area (Å²) >= 11 is 0. The van der Waals surface area contributed by atoms with E-state index < -0.39 is 18.1 Å². The van der Waals surface area contributed by atoms with Crippen LogP contribution in [0.1, 0.15) is 47.9 Å². The Bertz CT molecular complexity index is 1180. The van der Waals surface area contributed by atoms with E-state index in [0.717, 1.165) is 36.2 Å². The fourth-order valence-electron chi connectivity index (χ4n) is 4.26. The Morgan fingerprint density at radius 1 is 1.28 bits per heavy atom. The Labute approximate surface area is 207 Å². The van der Waals surface area contributed by atoms with Crippen molar-refractivity contribution < 1.29 is 28.2 Å². The Kier molecular flexibility index (Phi) is 7.92. The molecular formula is C24H27FN6O5. The van der Waals surface area contributed by atoms with Gasteiger partial charge in [-0.15, -0.1) is 0 Å². The number of carbonyl (C=O) groups is 2. The maximum atomic E-state index is 14.0. The van der Waals surface area contributed by atoms with Crippen molar-refractivity contribution in [3.8, 4) is 6.07 Å². The molecule has 0 saturated carbocycles. The van der Waals surface area contributed by atoms with Gasteiger partial charge < -0.3 is 19.1 Å². The molecule has 190 valence electrons. The molecule has 0 spiro atoms. The third-order valence-electron chi connectivity index (χ3n) is 6.05. The predicted octanol–water partition coefficient (Wildman–Crippen LogP) is 3.50. The van der Waals surface area contributed by atoms with Crippen molar-refractivity contribution in [3.63, 3.8) is 0 Å². The van der Waals surface area contributed by atoms with Crippen LogP contribution in [0.3, 0.4) is 0 Å². The van der Waals surface area contributed by atoms with E-state index in [1.165, 1.54) is 19.1 Å². The minimum Gasteiger partial charge on any atom is -0.449 e. The van der Waals surface area contributed by atoms with Gasteiger partial charge in [-0.05, 0) is 42.9 Å². The number of ether oxygens (including phenoxy) is 3. The van der Waals surface area contributed by atoms with Crippen molar-refractivity contribution in [2.45, 2.75) is 38.5 Å². The molecular weight excluding hydrogens is 471 g/mol. The van der Waals surface area contributed by atoms with Crippen molar-refractivity contribution in [1.82, 2.24) is 14.9 Å². The molecule has 4 rings (SSSR count). The summed E-state index contributed by atoms with van der Waals surface area (Å²) in [5.74, 6) is -0.377. The smallest absolute Gasteiger partial charge is 0.410 e. The zero-order valence-corrected chi connectivity index (χ0v) is 20.1. The number of nitrogens with one attached hydrogen (secondary N) is 1. The number of aryl methyl sites for hydroxylation is 1. The Morgan fingerprint density at radius 3 is 2.81 bits per heavy atom. The fraction of sp³-hybridized carbons (Fsp3) is 0.458. The van der Waals surface area contributed by atoms with Crippen molar-refractivity contribution in [1.29, 1.82) is 5.26 Å². The number of cyclic esters (lactones) is 1. The SMILES string of the molecule is COC(OC)c1nc2c(cc1CN1CCCCOC1=O)CCCN2C(=O)Nc1cc(F)c(C#N)cn1. The molecule has 0 radical (unpaired) electrons. The highest BCUT2D eigenvalue weighted by atomic mass is 19.1. The molecule has 3 amide bonds. The number of urea groups is 1. The molecule has 1 fully saturated rings. The molecule has 1 saturated heterocycles. The summed E-state index contributed by atoms with van der Waals surface area (Å²) in [7, 11) is 2.96. The summed E-state index contributed by atoms with van der Waals surface area (Å²) in [5, 5.41) is 11.5. The molecule has 2 aliphatic rings. The second-order valence-corrected chi connectivity index (χ2v) is 8.41.